The number of fused-ring (bicyclic) bond motifs is 6. The van der Waals surface area contributed by atoms with Gasteiger partial charge in [-0.15, -0.1) is 0 Å². The molecule has 0 atom stereocenters. The fourth-order valence-electron chi connectivity index (χ4n) is 10.2. The molecule has 12 aromatic rings. The van der Waals surface area contributed by atoms with Gasteiger partial charge < -0.3 is 9.13 Å². The van der Waals surface area contributed by atoms with E-state index in [1.54, 1.807) is 0 Å². The highest BCUT2D eigenvalue weighted by molar-refractivity contribution is 7.20. The standard InChI is InChI=1S/C60H42N2Si/c1-6-19-43(20-7-1)44-21-18-24-48(39-44)62-59-38-34-46(45-33-37-58-55(40-45)53-31-16-17-32-57(53)61(58)47-22-8-2-9-23-47)41-56(59)54-36-35-52(42-60(54)62)63(49-25-10-3-11-26-49,50-27-12-4-13-28-50)51-29-14-5-15-30-51/h1-42H. The second kappa shape index (κ2) is 15.2. The zero-order valence-electron chi connectivity index (χ0n) is 34.6. The summed E-state index contributed by atoms with van der Waals surface area (Å²) in [4.78, 5) is 0. The van der Waals surface area contributed by atoms with Crippen molar-refractivity contribution in [3.05, 3.63) is 255 Å². The van der Waals surface area contributed by atoms with Crippen LogP contribution in [-0.4, -0.2) is 17.2 Å². The third-order valence-corrected chi connectivity index (χ3v) is 17.8. The molecule has 0 bridgehead atoms. The van der Waals surface area contributed by atoms with Crippen molar-refractivity contribution in [3.8, 4) is 33.6 Å². The molecule has 0 saturated carbocycles. The number of aromatic nitrogens is 2. The number of hydrogen-bond donors (Lipinski definition) is 0. The quantitative estimate of drug-likeness (QED) is 0.107. The summed E-state index contributed by atoms with van der Waals surface area (Å²) < 4.78 is 4.89. The first kappa shape index (κ1) is 36.8. The molecule has 2 nitrogen and oxygen atoms in total. The van der Waals surface area contributed by atoms with Crippen LogP contribution in [0.2, 0.25) is 0 Å². The number of para-hydroxylation sites is 2. The lowest BCUT2D eigenvalue weighted by atomic mass is 10.0. The van der Waals surface area contributed by atoms with Gasteiger partial charge in [-0.05, 0) is 104 Å². The van der Waals surface area contributed by atoms with Gasteiger partial charge in [-0.3, -0.25) is 0 Å². The van der Waals surface area contributed by atoms with Gasteiger partial charge in [-0.1, -0.05) is 194 Å². The summed E-state index contributed by atoms with van der Waals surface area (Å²) in [5, 5.41) is 10.4. The van der Waals surface area contributed by atoms with Crippen molar-refractivity contribution < 1.29 is 0 Å². The maximum absolute atomic E-state index is 2.80. The van der Waals surface area contributed by atoms with Crippen LogP contribution in [0.1, 0.15) is 0 Å². The van der Waals surface area contributed by atoms with Crippen molar-refractivity contribution in [1.82, 2.24) is 9.13 Å². The maximum Gasteiger partial charge on any atom is 0.179 e. The zero-order valence-corrected chi connectivity index (χ0v) is 35.6. The van der Waals surface area contributed by atoms with Gasteiger partial charge in [0.15, 0.2) is 8.07 Å². The summed E-state index contributed by atoms with van der Waals surface area (Å²) >= 11 is 0. The molecule has 3 heteroatoms. The van der Waals surface area contributed by atoms with Crippen LogP contribution in [0, 0.1) is 0 Å². The first-order valence-electron chi connectivity index (χ1n) is 21.8. The number of benzene rings is 10. The Kier molecular flexibility index (Phi) is 8.87. The van der Waals surface area contributed by atoms with Gasteiger partial charge in [0.1, 0.15) is 0 Å². The van der Waals surface area contributed by atoms with Gasteiger partial charge in [-0.25, -0.2) is 0 Å². The van der Waals surface area contributed by atoms with E-state index in [9.17, 15) is 0 Å². The van der Waals surface area contributed by atoms with E-state index in [0.29, 0.717) is 0 Å². The average Bonchev–Trinajstić information content (AvgIpc) is 3.88. The molecule has 2 aromatic heterocycles. The van der Waals surface area contributed by atoms with E-state index in [-0.39, 0.29) is 0 Å². The smallest absolute Gasteiger partial charge is 0.179 e. The van der Waals surface area contributed by atoms with Crippen molar-refractivity contribution in [2.45, 2.75) is 0 Å². The van der Waals surface area contributed by atoms with Crippen LogP contribution < -0.4 is 20.7 Å². The highest BCUT2D eigenvalue weighted by Gasteiger charge is 2.41. The summed E-state index contributed by atoms with van der Waals surface area (Å²) in [7, 11) is -2.80. The molecule has 0 radical (unpaired) electrons. The molecule has 12 rings (SSSR count). The molecule has 0 aliphatic rings. The van der Waals surface area contributed by atoms with Crippen molar-refractivity contribution in [1.29, 1.82) is 0 Å². The topological polar surface area (TPSA) is 9.86 Å². The lowest BCUT2D eigenvalue weighted by molar-refractivity contribution is 1.18. The predicted molar refractivity (Wildman–Crippen MR) is 270 cm³/mol. The largest absolute Gasteiger partial charge is 0.309 e. The average molecular weight is 819 g/mol. The predicted octanol–water partition coefficient (Wildman–Crippen LogP) is 12.6. The van der Waals surface area contributed by atoms with E-state index in [2.05, 4.69) is 264 Å². The summed E-state index contributed by atoms with van der Waals surface area (Å²) in [6.45, 7) is 0. The zero-order chi connectivity index (χ0) is 41.7. The molecule has 0 fully saturated rings. The van der Waals surface area contributed by atoms with Gasteiger partial charge in [0.2, 0.25) is 0 Å². The lowest BCUT2D eigenvalue weighted by Crippen LogP contribution is -2.74. The van der Waals surface area contributed by atoms with E-state index >= 15 is 0 Å². The molecule has 0 spiro atoms. The molecule has 0 unspecified atom stereocenters. The Morgan fingerprint density at radius 3 is 1.24 bits per heavy atom. The van der Waals surface area contributed by atoms with E-state index in [4.69, 9.17) is 0 Å². The van der Waals surface area contributed by atoms with E-state index < -0.39 is 8.07 Å². The first-order valence-corrected chi connectivity index (χ1v) is 23.8. The molecule has 63 heavy (non-hydrogen) atoms. The van der Waals surface area contributed by atoms with Crippen LogP contribution in [0.5, 0.6) is 0 Å². The molecule has 10 aromatic carbocycles. The van der Waals surface area contributed by atoms with Crippen LogP contribution in [0.4, 0.5) is 0 Å². The first-order chi connectivity index (χ1) is 31.3. The van der Waals surface area contributed by atoms with E-state index in [1.807, 2.05) is 0 Å². The summed E-state index contributed by atoms with van der Waals surface area (Å²) in [6.07, 6.45) is 0. The van der Waals surface area contributed by atoms with E-state index in [1.165, 1.54) is 92.3 Å². The highest BCUT2D eigenvalue weighted by Crippen LogP contribution is 2.39. The van der Waals surface area contributed by atoms with Crippen LogP contribution in [-0.2, 0) is 0 Å². The minimum Gasteiger partial charge on any atom is -0.309 e. The number of hydrogen-bond acceptors (Lipinski definition) is 0. The summed E-state index contributed by atoms with van der Waals surface area (Å²) in [5.41, 5.74) is 11.9. The molecule has 296 valence electrons. The van der Waals surface area contributed by atoms with Gasteiger partial charge in [0, 0.05) is 32.9 Å². The molecule has 0 aliphatic carbocycles. The van der Waals surface area contributed by atoms with Crippen molar-refractivity contribution in [2.75, 3.05) is 0 Å². The van der Waals surface area contributed by atoms with Gasteiger partial charge >= 0.3 is 0 Å². The molecule has 0 saturated heterocycles. The molecular weight excluding hydrogens is 777 g/mol. The Hall–Kier alpha value is -7.98. The Morgan fingerprint density at radius 2 is 0.651 bits per heavy atom. The summed E-state index contributed by atoms with van der Waals surface area (Å²) in [6, 6.07) is 94.3. The molecule has 0 aliphatic heterocycles. The van der Waals surface area contributed by atoms with Crippen molar-refractivity contribution in [2.24, 2.45) is 0 Å². The molecular formula is C60H42N2Si. The van der Waals surface area contributed by atoms with Crippen LogP contribution in [0.25, 0.3) is 77.2 Å². The molecule has 0 N–H and O–H groups in total. The van der Waals surface area contributed by atoms with Crippen molar-refractivity contribution >= 4 is 72.4 Å². The Labute approximate surface area is 368 Å². The number of rotatable bonds is 8. The van der Waals surface area contributed by atoms with Gasteiger partial charge in [-0.2, -0.15) is 0 Å². The minimum absolute atomic E-state index is 1.14. The number of nitrogens with zero attached hydrogens (tertiary/aromatic N) is 2. The normalized spacial score (nSPS) is 11.8. The Morgan fingerprint density at radius 1 is 0.222 bits per heavy atom. The van der Waals surface area contributed by atoms with Crippen molar-refractivity contribution in [3.63, 3.8) is 0 Å². The van der Waals surface area contributed by atoms with Crippen LogP contribution >= 0.6 is 0 Å². The third kappa shape index (κ3) is 6.00. The maximum atomic E-state index is 2.52. The second-order valence-corrected chi connectivity index (χ2v) is 20.3. The lowest BCUT2D eigenvalue weighted by Gasteiger charge is -2.34. The molecule has 2 heterocycles. The fourth-order valence-corrected chi connectivity index (χ4v) is 15.0. The van der Waals surface area contributed by atoms with Gasteiger partial charge in [0.05, 0.1) is 22.1 Å². The monoisotopic (exact) mass is 818 g/mol. The molecule has 0 amide bonds. The van der Waals surface area contributed by atoms with Crippen LogP contribution in [0.3, 0.4) is 0 Å². The third-order valence-electron chi connectivity index (χ3n) is 13.1. The Bertz CT molecular complexity index is 3500. The van der Waals surface area contributed by atoms with Crippen LogP contribution in [0.15, 0.2) is 255 Å². The SMILES string of the molecule is c1ccc(-c2cccc(-n3c4ccc(-c5ccc6c(c5)c5ccccc5n6-c5ccccc5)cc4c4ccc([Si](c5ccccc5)(c5ccccc5)c5ccccc5)cc43)c2)cc1. The second-order valence-electron chi connectivity index (χ2n) is 16.5. The minimum atomic E-state index is -2.80. The van der Waals surface area contributed by atoms with E-state index in [0.717, 1.165) is 5.69 Å². The summed E-state index contributed by atoms with van der Waals surface area (Å²) in [5.74, 6) is 0. The highest BCUT2D eigenvalue weighted by atomic mass is 28.3. The van der Waals surface area contributed by atoms with Gasteiger partial charge in [0.25, 0.3) is 0 Å². The Balaban J connectivity index is 1.12. The fraction of sp³-hybridized carbons (Fsp3) is 0.